The van der Waals surface area contributed by atoms with E-state index in [4.69, 9.17) is 20.0 Å². The van der Waals surface area contributed by atoms with Crippen LogP contribution in [-0.2, 0) is 0 Å². The molecule has 39 heavy (non-hydrogen) atoms. The second-order valence-corrected chi connectivity index (χ2v) is 9.73. The summed E-state index contributed by atoms with van der Waals surface area (Å²) in [6, 6.07) is 14.2. The molecule has 11 nitrogen and oxygen atoms in total. The van der Waals surface area contributed by atoms with Crippen LogP contribution in [0, 0.1) is 0 Å². The number of pyridine rings is 1. The lowest BCUT2D eigenvalue weighted by atomic mass is 10.1. The number of fused-ring (bicyclic) bond motifs is 2. The number of piperidine rings is 1. The van der Waals surface area contributed by atoms with Gasteiger partial charge in [0.25, 0.3) is 0 Å². The van der Waals surface area contributed by atoms with Crippen LogP contribution in [0.5, 0.6) is 5.75 Å². The van der Waals surface area contributed by atoms with Gasteiger partial charge in [-0.25, -0.2) is 4.98 Å². The molecule has 1 aliphatic rings. The Labute approximate surface area is 223 Å². The van der Waals surface area contributed by atoms with Crippen LogP contribution in [0.4, 0.5) is 5.82 Å². The SMILES string of the molecule is C[C@H](Oc1c(N)ncc2c(-c3cnn(C4CCNCC4)c3)coc12)c1nnc2ccc(-c3ccccc3)nn12. The fraction of sp³-hybridized carbons (Fsp3) is 0.250. The van der Waals surface area contributed by atoms with Crippen molar-refractivity contribution in [1.29, 1.82) is 0 Å². The van der Waals surface area contributed by atoms with E-state index < -0.39 is 6.10 Å². The van der Waals surface area contributed by atoms with E-state index in [1.54, 1.807) is 17.0 Å². The number of nitrogens with zero attached hydrogens (tertiary/aromatic N) is 7. The lowest BCUT2D eigenvalue weighted by molar-refractivity contribution is 0.214. The molecule has 5 aromatic heterocycles. The van der Waals surface area contributed by atoms with Gasteiger partial charge in [0.2, 0.25) is 5.75 Å². The highest BCUT2D eigenvalue weighted by atomic mass is 16.5. The van der Waals surface area contributed by atoms with Crippen LogP contribution in [0.1, 0.15) is 37.7 Å². The highest BCUT2D eigenvalue weighted by Crippen LogP contribution is 2.39. The minimum atomic E-state index is -0.538. The van der Waals surface area contributed by atoms with E-state index in [-0.39, 0.29) is 5.82 Å². The van der Waals surface area contributed by atoms with Crippen LogP contribution in [0.25, 0.3) is 39.0 Å². The number of rotatable bonds is 6. The van der Waals surface area contributed by atoms with Gasteiger partial charge in [0.05, 0.1) is 23.3 Å². The molecular weight excluding hydrogens is 494 g/mol. The Bertz CT molecular complexity index is 1770. The molecule has 0 amide bonds. The van der Waals surface area contributed by atoms with Gasteiger partial charge in [-0.3, -0.25) is 4.68 Å². The van der Waals surface area contributed by atoms with Gasteiger partial charge in [-0.15, -0.1) is 10.2 Å². The Morgan fingerprint density at radius 3 is 2.74 bits per heavy atom. The molecule has 0 unspecified atom stereocenters. The van der Waals surface area contributed by atoms with Crippen molar-refractivity contribution in [2.75, 3.05) is 18.8 Å². The first-order valence-corrected chi connectivity index (χ1v) is 13.0. The maximum absolute atomic E-state index is 6.33. The molecule has 196 valence electrons. The Morgan fingerprint density at radius 2 is 1.90 bits per heavy atom. The monoisotopic (exact) mass is 521 g/mol. The second kappa shape index (κ2) is 9.52. The average Bonchev–Trinajstić information content (AvgIpc) is 3.73. The van der Waals surface area contributed by atoms with E-state index >= 15 is 0 Å². The Morgan fingerprint density at radius 1 is 1.05 bits per heavy atom. The van der Waals surface area contributed by atoms with Gasteiger partial charge in [-0.05, 0) is 45.0 Å². The molecule has 3 N–H and O–H groups in total. The summed E-state index contributed by atoms with van der Waals surface area (Å²) in [5, 5.41) is 22.2. The number of hydrogen-bond acceptors (Lipinski definition) is 9. The zero-order valence-corrected chi connectivity index (χ0v) is 21.4. The van der Waals surface area contributed by atoms with Crippen molar-refractivity contribution >= 4 is 22.4 Å². The number of nitrogens with one attached hydrogen (secondary N) is 1. The molecule has 0 saturated carbocycles. The lowest BCUT2D eigenvalue weighted by Crippen LogP contribution is -2.29. The fourth-order valence-corrected chi connectivity index (χ4v) is 5.12. The Hall–Kier alpha value is -4.77. The predicted octanol–water partition coefficient (Wildman–Crippen LogP) is 4.44. The van der Waals surface area contributed by atoms with Gasteiger partial charge >= 0.3 is 0 Å². The Kier molecular flexibility index (Phi) is 5.70. The van der Waals surface area contributed by atoms with Gasteiger partial charge in [-0.2, -0.15) is 14.7 Å². The topological polar surface area (TPSA) is 134 Å². The zero-order chi connectivity index (χ0) is 26.3. The zero-order valence-electron chi connectivity index (χ0n) is 21.4. The van der Waals surface area contributed by atoms with E-state index in [9.17, 15) is 0 Å². The maximum atomic E-state index is 6.33. The molecule has 6 heterocycles. The summed E-state index contributed by atoms with van der Waals surface area (Å²) in [6.45, 7) is 3.88. The second-order valence-electron chi connectivity index (χ2n) is 9.73. The first-order chi connectivity index (χ1) is 19.2. The maximum Gasteiger partial charge on any atom is 0.205 e. The van der Waals surface area contributed by atoms with Gasteiger partial charge in [-0.1, -0.05) is 30.3 Å². The van der Waals surface area contributed by atoms with Crippen molar-refractivity contribution < 1.29 is 9.15 Å². The minimum absolute atomic E-state index is 0.229. The molecule has 6 aromatic rings. The molecular formula is C28H27N9O2. The largest absolute Gasteiger partial charge is 0.475 e. The molecule has 1 saturated heterocycles. The van der Waals surface area contributed by atoms with Crippen molar-refractivity contribution in [3.8, 4) is 28.1 Å². The summed E-state index contributed by atoms with van der Waals surface area (Å²) in [5.41, 5.74) is 11.1. The summed E-state index contributed by atoms with van der Waals surface area (Å²) in [6.07, 6.45) is 8.92. The first-order valence-electron chi connectivity index (χ1n) is 13.0. The van der Waals surface area contributed by atoms with Crippen LogP contribution in [0.2, 0.25) is 0 Å². The lowest BCUT2D eigenvalue weighted by Gasteiger charge is -2.22. The van der Waals surface area contributed by atoms with E-state index in [1.807, 2.05) is 60.3 Å². The van der Waals surface area contributed by atoms with E-state index in [0.717, 1.165) is 53.7 Å². The number of aromatic nitrogens is 7. The molecule has 7 rings (SSSR count). The fourth-order valence-electron chi connectivity index (χ4n) is 5.12. The highest BCUT2D eigenvalue weighted by Gasteiger charge is 2.23. The van der Waals surface area contributed by atoms with Gasteiger partial charge in [0, 0.05) is 29.1 Å². The quantitative estimate of drug-likeness (QED) is 0.326. The first kappa shape index (κ1) is 23.4. The van der Waals surface area contributed by atoms with Crippen molar-refractivity contribution in [2.45, 2.75) is 31.9 Å². The van der Waals surface area contributed by atoms with Crippen LogP contribution in [0.3, 0.4) is 0 Å². The third kappa shape index (κ3) is 4.16. The Balaban J connectivity index is 1.21. The summed E-state index contributed by atoms with van der Waals surface area (Å²) >= 11 is 0. The summed E-state index contributed by atoms with van der Waals surface area (Å²) < 4.78 is 16.1. The van der Waals surface area contributed by atoms with Crippen molar-refractivity contribution in [3.63, 3.8) is 0 Å². The van der Waals surface area contributed by atoms with Gasteiger partial charge < -0.3 is 20.2 Å². The number of furan rings is 1. The van der Waals surface area contributed by atoms with E-state index in [2.05, 4.69) is 31.8 Å². The standard InChI is InChI=1S/C28H27N9O2/c1-17(28-34-33-24-8-7-23(35-37(24)28)18-5-3-2-4-6-18)39-26-25-21(14-31-27(26)29)22(16-38-25)19-13-32-36(15-19)20-9-11-30-12-10-20/h2-8,13-17,20,30H,9-12H2,1H3,(H2,29,31)/t17-/m0/s1. The van der Waals surface area contributed by atoms with Crippen LogP contribution in [0.15, 0.2) is 71.7 Å². The number of ether oxygens (including phenoxy) is 1. The average molecular weight is 522 g/mol. The number of hydrogen-bond donors (Lipinski definition) is 2. The van der Waals surface area contributed by atoms with Crippen molar-refractivity contribution in [2.24, 2.45) is 0 Å². The molecule has 0 aliphatic carbocycles. The minimum Gasteiger partial charge on any atom is -0.475 e. The van der Waals surface area contributed by atoms with Crippen LogP contribution >= 0.6 is 0 Å². The number of anilines is 1. The highest BCUT2D eigenvalue weighted by molar-refractivity contribution is 5.97. The molecule has 1 aliphatic heterocycles. The van der Waals surface area contributed by atoms with Crippen molar-refractivity contribution in [3.05, 3.63) is 73.1 Å². The molecule has 0 radical (unpaired) electrons. The van der Waals surface area contributed by atoms with Gasteiger partial charge in [0.1, 0.15) is 6.26 Å². The smallest absolute Gasteiger partial charge is 0.205 e. The van der Waals surface area contributed by atoms with E-state index in [1.165, 1.54) is 0 Å². The van der Waals surface area contributed by atoms with Gasteiger partial charge in [0.15, 0.2) is 29.0 Å². The molecule has 1 aromatic carbocycles. The molecule has 0 bridgehead atoms. The molecule has 11 heteroatoms. The summed E-state index contributed by atoms with van der Waals surface area (Å²) in [7, 11) is 0. The molecule has 1 atom stereocenters. The number of nitrogens with two attached hydrogens (primary N) is 1. The predicted molar refractivity (Wildman–Crippen MR) is 146 cm³/mol. The third-order valence-corrected chi connectivity index (χ3v) is 7.21. The number of benzene rings is 1. The van der Waals surface area contributed by atoms with E-state index in [0.29, 0.717) is 28.8 Å². The third-order valence-electron chi connectivity index (χ3n) is 7.21. The summed E-state index contributed by atoms with van der Waals surface area (Å²) in [5.74, 6) is 1.12. The van der Waals surface area contributed by atoms with Crippen molar-refractivity contribution in [1.82, 2.24) is 39.9 Å². The van der Waals surface area contributed by atoms with Crippen LogP contribution < -0.4 is 15.8 Å². The molecule has 1 fully saturated rings. The van der Waals surface area contributed by atoms with Crippen LogP contribution in [-0.4, -0.2) is 47.7 Å². The summed E-state index contributed by atoms with van der Waals surface area (Å²) in [4.78, 5) is 4.41. The molecule has 0 spiro atoms. The number of nitrogen functional groups attached to an aromatic ring is 1. The normalized spacial score (nSPS) is 15.2.